The molecule has 0 aliphatic carbocycles. The number of benzene rings is 1. The predicted molar refractivity (Wildman–Crippen MR) is 108 cm³/mol. The van der Waals surface area contributed by atoms with Crippen molar-refractivity contribution in [3.63, 3.8) is 0 Å². The van der Waals surface area contributed by atoms with E-state index in [0.717, 1.165) is 0 Å². The van der Waals surface area contributed by atoms with Crippen molar-refractivity contribution in [3.05, 3.63) is 39.8 Å². The molecule has 0 radical (unpaired) electrons. The van der Waals surface area contributed by atoms with E-state index in [2.05, 4.69) is 24.9 Å². The standard InChI is InChI=1S/C8H7O2S.3C4H9.Sn/c1-2-11(9,10)8-6-4-3-5-7-8;3*1-3-4-2;/h1-7H;3*1,3-4H2,2H3;. The molecule has 2 nitrogen and oxygen atoms in total. The van der Waals surface area contributed by atoms with Gasteiger partial charge in [-0.05, 0) is 0 Å². The van der Waals surface area contributed by atoms with Gasteiger partial charge in [-0.15, -0.1) is 0 Å². The Morgan fingerprint density at radius 2 is 1.29 bits per heavy atom. The van der Waals surface area contributed by atoms with E-state index >= 15 is 0 Å². The molecule has 0 aliphatic rings. The molecule has 0 bridgehead atoms. The van der Waals surface area contributed by atoms with Crippen molar-refractivity contribution in [2.75, 3.05) is 0 Å². The number of hydrogen-bond acceptors (Lipinski definition) is 2. The molecule has 0 unspecified atom stereocenters. The molecule has 0 atom stereocenters. The molecule has 0 heterocycles. The van der Waals surface area contributed by atoms with Crippen molar-refractivity contribution in [1.82, 2.24) is 0 Å². The van der Waals surface area contributed by atoms with Crippen molar-refractivity contribution in [1.29, 1.82) is 0 Å². The third-order valence-electron chi connectivity index (χ3n) is 4.76. The van der Waals surface area contributed by atoms with E-state index in [-0.39, 0.29) is 0 Å². The van der Waals surface area contributed by atoms with E-state index in [1.807, 2.05) is 6.07 Å². The summed E-state index contributed by atoms with van der Waals surface area (Å²) in [6.45, 7) is 6.71. The fourth-order valence-corrected chi connectivity index (χ4v) is 20.9. The van der Waals surface area contributed by atoms with Gasteiger partial charge in [-0.1, -0.05) is 0 Å². The van der Waals surface area contributed by atoms with Gasteiger partial charge in [-0.2, -0.15) is 0 Å². The predicted octanol–water partition coefficient (Wildman–Crippen LogP) is 6.36. The van der Waals surface area contributed by atoms with Crippen LogP contribution in [0.15, 0.2) is 44.7 Å². The maximum atomic E-state index is 12.6. The van der Waals surface area contributed by atoms with Gasteiger partial charge in [-0.3, -0.25) is 0 Å². The molecule has 0 saturated carbocycles. The zero-order valence-electron chi connectivity index (χ0n) is 15.6. The van der Waals surface area contributed by atoms with Crippen molar-refractivity contribution < 1.29 is 8.42 Å². The Kier molecular flexibility index (Phi) is 10.3. The summed E-state index contributed by atoms with van der Waals surface area (Å²) in [6, 6.07) is 8.84. The molecular formula is C20H34O2SSn. The Morgan fingerprint density at radius 1 is 0.833 bits per heavy atom. The van der Waals surface area contributed by atoms with Crippen molar-refractivity contribution in [2.24, 2.45) is 0 Å². The minimum atomic E-state index is -3.30. The summed E-state index contributed by atoms with van der Waals surface area (Å²) in [5.41, 5.74) is 0. The molecular weight excluding hydrogens is 423 g/mol. The zero-order chi connectivity index (χ0) is 17.9. The fourth-order valence-electron chi connectivity index (χ4n) is 3.13. The normalized spacial score (nSPS) is 12.8. The first kappa shape index (κ1) is 21.8. The molecule has 1 rings (SSSR count). The summed E-state index contributed by atoms with van der Waals surface area (Å²) in [6.07, 6.45) is 7.36. The fraction of sp³-hybridized carbons (Fsp3) is 0.600. The van der Waals surface area contributed by atoms with E-state index < -0.39 is 28.2 Å². The van der Waals surface area contributed by atoms with Crippen LogP contribution in [-0.4, -0.2) is 26.8 Å². The Morgan fingerprint density at radius 3 is 1.71 bits per heavy atom. The minimum absolute atomic E-state index is 0.419. The maximum absolute atomic E-state index is 12.6. The summed E-state index contributed by atoms with van der Waals surface area (Å²) >= 11 is -2.53. The van der Waals surface area contributed by atoms with Gasteiger partial charge in [0.2, 0.25) is 0 Å². The van der Waals surface area contributed by atoms with Crippen LogP contribution in [0.4, 0.5) is 0 Å². The number of rotatable bonds is 12. The topological polar surface area (TPSA) is 34.1 Å². The number of hydrogen-bond donors (Lipinski definition) is 0. The number of sulfone groups is 1. The van der Waals surface area contributed by atoms with Gasteiger partial charge in [-0.25, -0.2) is 0 Å². The molecule has 0 amide bonds. The van der Waals surface area contributed by atoms with Crippen molar-refractivity contribution in [3.8, 4) is 0 Å². The summed E-state index contributed by atoms with van der Waals surface area (Å²) in [5.74, 6) is 0. The molecule has 0 spiro atoms. The summed E-state index contributed by atoms with van der Waals surface area (Å²) < 4.78 is 31.4. The number of unbranched alkanes of at least 4 members (excludes halogenated alkanes) is 3. The van der Waals surface area contributed by atoms with Crippen LogP contribution in [-0.2, 0) is 9.84 Å². The Bertz CT molecular complexity index is 557. The first-order valence-electron chi connectivity index (χ1n) is 9.49. The van der Waals surface area contributed by atoms with Gasteiger partial charge in [0.05, 0.1) is 0 Å². The van der Waals surface area contributed by atoms with E-state index in [4.69, 9.17) is 0 Å². The average molecular weight is 457 g/mol. The van der Waals surface area contributed by atoms with Gasteiger partial charge in [0.25, 0.3) is 0 Å². The SMILES string of the molecule is CCC[CH2][Sn](/[CH]=C/S(=O)(=O)c1ccccc1)([CH2]CCC)[CH2]CCC. The first-order valence-corrected chi connectivity index (χ1v) is 18.7. The third-order valence-corrected chi connectivity index (χ3v) is 20.9. The van der Waals surface area contributed by atoms with Crippen LogP contribution in [0.1, 0.15) is 59.3 Å². The van der Waals surface area contributed by atoms with Crippen LogP contribution in [0.3, 0.4) is 0 Å². The van der Waals surface area contributed by atoms with Crippen LogP contribution in [0, 0.1) is 0 Å². The molecule has 1 aromatic carbocycles. The van der Waals surface area contributed by atoms with E-state index in [1.54, 1.807) is 29.7 Å². The third kappa shape index (κ3) is 7.30. The quantitative estimate of drug-likeness (QED) is 0.342. The van der Waals surface area contributed by atoms with Gasteiger partial charge < -0.3 is 0 Å². The Labute approximate surface area is 153 Å². The second-order valence-corrected chi connectivity index (χ2v) is 21.7. The molecule has 0 aromatic heterocycles. The van der Waals surface area contributed by atoms with E-state index in [0.29, 0.717) is 4.90 Å². The van der Waals surface area contributed by atoms with Gasteiger partial charge in [0.15, 0.2) is 0 Å². The van der Waals surface area contributed by atoms with Crippen LogP contribution in [0.2, 0.25) is 13.3 Å². The zero-order valence-corrected chi connectivity index (χ0v) is 19.3. The molecule has 0 saturated heterocycles. The van der Waals surface area contributed by atoms with E-state index in [1.165, 1.54) is 51.8 Å². The van der Waals surface area contributed by atoms with E-state index in [9.17, 15) is 8.42 Å². The van der Waals surface area contributed by atoms with Crippen LogP contribution in [0.5, 0.6) is 0 Å². The Hall–Kier alpha value is -0.291. The molecule has 1 aromatic rings. The summed E-state index contributed by atoms with van der Waals surface area (Å²) in [4.78, 5) is 0.419. The molecule has 0 fully saturated rings. The first-order chi connectivity index (χ1) is 11.5. The van der Waals surface area contributed by atoms with Crippen molar-refractivity contribution in [2.45, 2.75) is 77.5 Å². The van der Waals surface area contributed by atoms with Gasteiger partial charge in [0, 0.05) is 0 Å². The Balaban J connectivity index is 3.07. The molecule has 24 heavy (non-hydrogen) atoms. The summed E-state index contributed by atoms with van der Waals surface area (Å²) in [7, 11) is -3.30. The molecule has 4 heteroatoms. The van der Waals surface area contributed by atoms with Gasteiger partial charge in [0.1, 0.15) is 0 Å². The molecule has 0 aliphatic heterocycles. The van der Waals surface area contributed by atoms with Gasteiger partial charge >= 0.3 is 154 Å². The average Bonchev–Trinajstić information content (AvgIpc) is 2.61. The van der Waals surface area contributed by atoms with Crippen LogP contribution < -0.4 is 0 Å². The molecule has 136 valence electrons. The monoisotopic (exact) mass is 458 g/mol. The second-order valence-electron chi connectivity index (χ2n) is 6.83. The molecule has 0 N–H and O–H groups in total. The summed E-state index contributed by atoms with van der Waals surface area (Å²) in [5, 5.41) is 1.57. The van der Waals surface area contributed by atoms with Crippen molar-refractivity contribution >= 4 is 28.2 Å². The van der Waals surface area contributed by atoms with Crippen LogP contribution >= 0.6 is 0 Å². The second kappa shape index (κ2) is 11.3. The van der Waals surface area contributed by atoms with Crippen LogP contribution in [0.25, 0.3) is 0 Å².